The lowest BCUT2D eigenvalue weighted by molar-refractivity contribution is 0.0620. The zero-order valence-electron chi connectivity index (χ0n) is 9.54. The highest BCUT2D eigenvalue weighted by Crippen LogP contribution is 2.20. The summed E-state index contributed by atoms with van der Waals surface area (Å²) < 4.78 is 5.76. The summed E-state index contributed by atoms with van der Waals surface area (Å²) in [5.74, 6) is 1.02. The lowest BCUT2D eigenvalue weighted by Gasteiger charge is -2.16. The molecule has 1 aliphatic carbocycles. The lowest BCUT2D eigenvalue weighted by atomic mass is 10.3. The van der Waals surface area contributed by atoms with E-state index >= 15 is 0 Å². The Kier molecular flexibility index (Phi) is 3.83. The quantitative estimate of drug-likeness (QED) is 0.700. The fourth-order valence-electron chi connectivity index (χ4n) is 2.17. The monoisotopic (exact) mass is 211 g/mol. The number of rotatable bonds is 4. The smallest absolute Gasteiger partial charge is 0.193 e. The van der Waals surface area contributed by atoms with Gasteiger partial charge in [0.05, 0.1) is 19.3 Å². The maximum absolute atomic E-state index is 5.76. The van der Waals surface area contributed by atoms with Crippen LogP contribution in [0.5, 0.6) is 0 Å². The van der Waals surface area contributed by atoms with Gasteiger partial charge in [-0.3, -0.25) is 4.99 Å². The van der Waals surface area contributed by atoms with Crippen molar-refractivity contribution >= 4 is 5.96 Å². The van der Waals surface area contributed by atoms with Gasteiger partial charge < -0.3 is 15.0 Å². The van der Waals surface area contributed by atoms with Crippen LogP contribution in [0.3, 0.4) is 0 Å². The van der Waals surface area contributed by atoms with Crippen molar-refractivity contribution in [3.05, 3.63) is 0 Å². The van der Waals surface area contributed by atoms with Crippen LogP contribution in [0.2, 0.25) is 0 Å². The molecule has 86 valence electrons. The summed E-state index contributed by atoms with van der Waals surface area (Å²) >= 11 is 0. The zero-order chi connectivity index (χ0) is 10.5. The number of nitrogens with one attached hydrogen (secondary N) is 1. The van der Waals surface area contributed by atoms with Crippen molar-refractivity contribution < 1.29 is 4.74 Å². The third-order valence-electron chi connectivity index (χ3n) is 3.10. The molecule has 2 rings (SSSR count). The van der Waals surface area contributed by atoms with Crippen LogP contribution in [0.15, 0.2) is 4.99 Å². The normalized spacial score (nSPS) is 22.2. The molecule has 0 saturated heterocycles. The van der Waals surface area contributed by atoms with Crippen LogP contribution in [-0.2, 0) is 4.74 Å². The average molecular weight is 211 g/mol. The first-order valence-electron chi connectivity index (χ1n) is 5.97. The van der Waals surface area contributed by atoms with E-state index in [9.17, 15) is 0 Å². The molecule has 2 aliphatic rings. The van der Waals surface area contributed by atoms with Crippen molar-refractivity contribution in [2.24, 2.45) is 4.99 Å². The summed E-state index contributed by atoms with van der Waals surface area (Å²) in [6, 6.07) is 0. The van der Waals surface area contributed by atoms with Crippen molar-refractivity contribution in [2.75, 3.05) is 33.3 Å². The molecule has 0 spiro atoms. The number of hydrogen-bond acceptors (Lipinski definition) is 4. The highest BCUT2D eigenvalue weighted by atomic mass is 16.5. The molecule has 1 heterocycles. The van der Waals surface area contributed by atoms with Gasteiger partial charge in [0, 0.05) is 20.1 Å². The summed E-state index contributed by atoms with van der Waals surface area (Å²) in [5, 5.41) is 3.31. The van der Waals surface area contributed by atoms with Crippen LogP contribution >= 0.6 is 0 Å². The molecule has 4 nitrogen and oxygen atoms in total. The molecule has 0 aromatic carbocycles. The van der Waals surface area contributed by atoms with Crippen LogP contribution in [-0.4, -0.2) is 50.3 Å². The molecule has 0 radical (unpaired) electrons. The van der Waals surface area contributed by atoms with E-state index in [0.717, 1.165) is 32.2 Å². The van der Waals surface area contributed by atoms with Crippen molar-refractivity contribution in [3.63, 3.8) is 0 Å². The Morgan fingerprint density at radius 3 is 2.93 bits per heavy atom. The summed E-state index contributed by atoms with van der Waals surface area (Å²) in [5.41, 5.74) is 0. The van der Waals surface area contributed by atoms with E-state index in [1.807, 2.05) is 0 Å². The van der Waals surface area contributed by atoms with E-state index in [0.29, 0.717) is 6.10 Å². The fraction of sp³-hybridized carbons (Fsp3) is 0.909. The fourth-order valence-corrected chi connectivity index (χ4v) is 2.17. The molecule has 0 aromatic rings. The van der Waals surface area contributed by atoms with E-state index < -0.39 is 0 Å². The molecule has 1 aliphatic heterocycles. The summed E-state index contributed by atoms with van der Waals surface area (Å²) in [7, 11) is 2.07. The molecule has 0 bridgehead atoms. The van der Waals surface area contributed by atoms with Crippen LogP contribution in [0.1, 0.15) is 25.7 Å². The highest BCUT2D eigenvalue weighted by Gasteiger charge is 2.15. The Bertz CT molecular complexity index is 224. The van der Waals surface area contributed by atoms with Crippen LogP contribution < -0.4 is 5.32 Å². The summed E-state index contributed by atoms with van der Waals surface area (Å²) in [6.07, 6.45) is 5.71. The van der Waals surface area contributed by atoms with Gasteiger partial charge >= 0.3 is 0 Å². The number of guanidine groups is 1. The average Bonchev–Trinajstić information content (AvgIpc) is 2.85. The second-order valence-corrected chi connectivity index (χ2v) is 4.33. The third kappa shape index (κ3) is 3.09. The van der Waals surface area contributed by atoms with Gasteiger partial charge in [0.15, 0.2) is 5.96 Å². The number of aliphatic imine (C=N–C) groups is 1. The predicted molar refractivity (Wildman–Crippen MR) is 61.1 cm³/mol. The molecule has 1 fully saturated rings. The van der Waals surface area contributed by atoms with Gasteiger partial charge in [0.2, 0.25) is 0 Å². The maximum Gasteiger partial charge on any atom is 0.193 e. The minimum Gasteiger partial charge on any atom is -0.376 e. The van der Waals surface area contributed by atoms with E-state index in [1.54, 1.807) is 0 Å². The Morgan fingerprint density at radius 1 is 1.47 bits per heavy atom. The summed E-state index contributed by atoms with van der Waals surface area (Å²) in [6.45, 7) is 3.63. The maximum atomic E-state index is 5.76. The van der Waals surface area contributed by atoms with Crippen LogP contribution in [0.4, 0.5) is 0 Å². The molecule has 1 saturated carbocycles. The predicted octanol–water partition coefficient (Wildman–Crippen LogP) is 0.837. The van der Waals surface area contributed by atoms with Gasteiger partial charge in [0.1, 0.15) is 0 Å². The Labute approximate surface area is 91.7 Å². The molecule has 0 aromatic heterocycles. The highest BCUT2D eigenvalue weighted by molar-refractivity contribution is 5.81. The van der Waals surface area contributed by atoms with Gasteiger partial charge in [-0.2, -0.15) is 0 Å². The van der Waals surface area contributed by atoms with E-state index in [2.05, 4.69) is 22.3 Å². The Hall–Kier alpha value is -0.770. The molecule has 0 unspecified atom stereocenters. The largest absolute Gasteiger partial charge is 0.376 e. The molecule has 4 heteroatoms. The van der Waals surface area contributed by atoms with Crippen LogP contribution in [0.25, 0.3) is 0 Å². The van der Waals surface area contributed by atoms with Crippen molar-refractivity contribution in [3.8, 4) is 0 Å². The molecule has 0 amide bonds. The minimum atomic E-state index is 0.523. The first kappa shape index (κ1) is 10.7. The molecular weight excluding hydrogens is 190 g/mol. The van der Waals surface area contributed by atoms with Gasteiger partial charge in [-0.1, -0.05) is 12.8 Å². The van der Waals surface area contributed by atoms with Gasteiger partial charge in [-0.25, -0.2) is 0 Å². The first-order valence-corrected chi connectivity index (χ1v) is 5.97. The van der Waals surface area contributed by atoms with Gasteiger partial charge in [0.25, 0.3) is 0 Å². The number of hydrogen-bond donors (Lipinski definition) is 1. The standard InChI is InChI=1S/C11H21N3O/c1-14-8-6-12-11(14)13-7-9-15-10-4-2-3-5-10/h10H,2-9H2,1H3,(H,12,13). The van der Waals surface area contributed by atoms with Crippen molar-refractivity contribution in [2.45, 2.75) is 31.8 Å². The number of nitrogens with zero attached hydrogens (tertiary/aromatic N) is 2. The number of likely N-dealkylation sites (N-methyl/N-ethyl adjacent to an activating group) is 1. The zero-order valence-corrected chi connectivity index (χ0v) is 9.54. The second kappa shape index (κ2) is 5.35. The Balaban J connectivity index is 1.54. The van der Waals surface area contributed by atoms with E-state index in [1.165, 1.54) is 25.7 Å². The van der Waals surface area contributed by atoms with Gasteiger partial charge in [-0.05, 0) is 12.8 Å². The summed E-state index contributed by atoms with van der Waals surface area (Å²) in [4.78, 5) is 6.51. The number of ether oxygens (including phenoxy) is 1. The van der Waals surface area contributed by atoms with Crippen molar-refractivity contribution in [1.29, 1.82) is 0 Å². The van der Waals surface area contributed by atoms with E-state index in [4.69, 9.17) is 4.74 Å². The molecule has 15 heavy (non-hydrogen) atoms. The second-order valence-electron chi connectivity index (χ2n) is 4.33. The first-order chi connectivity index (χ1) is 7.36. The van der Waals surface area contributed by atoms with E-state index in [-0.39, 0.29) is 0 Å². The third-order valence-corrected chi connectivity index (χ3v) is 3.10. The van der Waals surface area contributed by atoms with Crippen molar-refractivity contribution in [1.82, 2.24) is 10.2 Å². The van der Waals surface area contributed by atoms with Crippen LogP contribution in [0, 0.1) is 0 Å². The molecule has 0 atom stereocenters. The minimum absolute atomic E-state index is 0.523. The molecule has 1 N–H and O–H groups in total. The van der Waals surface area contributed by atoms with Gasteiger partial charge in [-0.15, -0.1) is 0 Å². The molecular formula is C11H21N3O. The lowest BCUT2D eigenvalue weighted by Crippen LogP contribution is -2.37. The topological polar surface area (TPSA) is 36.9 Å². The SMILES string of the molecule is CN1CCN=C1NCCOC1CCCC1. The Morgan fingerprint density at radius 2 is 2.27 bits per heavy atom.